The predicted octanol–water partition coefficient (Wildman–Crippen LogP) is 3.98. The number of carbonyl (C=O) groups is 1. The molecule has 10 heteroatoms. The number of hydrogen-bond acceptors (Lipinski definition) is 6. The van der Waals surface area contributed by atoms with Crippen LogP contribution in [0.4, 0.5) is 10.1 Å². The lowest BCUT2D eigenvalue weighted by atomic mass is 10.1. The van der Waals surface area contributed by atoms with Gasteiger partial charge in [0.05, 0.1) is 12.1 Å². The van der Waals surface area contributed by atoms with Crippen LogP contribution in [0.25, 0.3) is 0 Å². The number of hydrazine groups is 1. The first-order valence-electron chi connectivity index (χ1n) is 8.79. The number of benzene rings is 2. The predicted molar refractivity (Wildman–Crippen MR) is 113 cm³/mol. The van der Waals surface area contributed by atoms with Gasteiger partial charge >= 0.3 is 0 Å². The van der Waals surface area contributed by atoms with Crippen LogP contribution < -0.4 is 26.6 Å². The van der Waals surface area contributed by atoms with Crippen LogP contribution in [0.3, 0.4) is 0 Å². The average molecular weight is 453 g/mol. The van der Waals surface area contributed by atoms with E-state index < -0.39 is 17.8 Å². The molecule has 0 fully saturated rings. The molecule has 1 aliphatic rings. The summed E-state index contributed by atoms with van der Waals surface area (Å²) in [5.74, 6) is -0.0912. The van der Waals surface area contributed by atoms with E-state index >= 15 is 0 Å². The van der Waals surface area contributed by atoms with E-state index in [4.69, 9.17) is 38.4 Å². The van der Waals surface area contributed by atoms with Crippen molar-refractivity contribution in [3.63, 3.8) is 0 Å². The SMILES string of the molecule is COc1ccc(NC(=O)C2=CC(OC(C)c3c(Cl)ccc(F)c3Cl)=C(N)NN2)cc1. The third-order valence-electron chi connectivity index (χ3n) is 4.25. The Morgan fingerprint density at radius 3 is 2.53 bits per heavy atom. The number of amides is 1. The number of allylic oxidation sites excluding steroid dienone is 1. The van der Waals surface area contributed by atoms with Crippen molar-refractivity contribution >= 4 is 34.8 Å². The summed E-state index contributed by atoms with van der Waals surface area (Å²) in [4.78, 5) is 12.6. The Labute approximate surface area is 182 Å². The van der Waals surface area contributed by atoms with Crippen LogP contribution in [0.2, 0.25) is 10.0 Å². The fourth-order valence-electron chi connectivity index (χ4n) is 2.70. The molecule has 1 aliphatic heterocycles. The third kappa shape index (κ3) is 4.72. The topological polar surface area (TPSA) is 97.6 Å². The van der Waals surface area contributed by atoms with Crippen molar-refractivity contribution in [3.8, 4) is 5.75 Å². The first-order chi connectivity index (χ1) is 14.3. The van der Waals surface area contributed by atoms with Gasteiger partial charge in [-0.2, -0.15) is 0 Å². The van der Waals surface area contributed by atoms with E-state index in [0.717, 1.165) is 0 Å². The van der Waals surface area contributed by atoms with Gasteiger partial charge in [0.15, 0.2) is 11.6 Å². The molecule has 5 N–H and O–H groups in total. The number of carbonyl (C=O) groups excluding carboxylic acids is 1. The highest BCUT2D eigenvalue weighted by Gasteiger charge is 2.23. The van der Waals surface area contributed by atoms with E-state index in [1.807, 2.05) is 0 Å². The molecule has 1 amide bonds. The van der Waals surface area contributed by atoms with Crippen molar-refractivity contribution in [2.75, 3.05) is 12.4 Å². The highest BCUT2D eigenvalue weighted by Crippen LogP contribution is 2.35. The molecule has 1 unspecified atom stereocenters. The van der Waals surface area contributed by atoms with E-state index in [9.17, 15) is 9.18 Å². The molecule has 0 bridgehead atoms. The molecule has 1 heterocycles. The second-order valence-electron chi connectivity index (χ2n) is 6.29. The van der Waals surface area contributed by atoms with Gasteiger partial charge in [-0.15, -0.1) is 0 Å². The zero-order chi connectivity index (χ0) is 21.8. The summed E-state index contributed by atoms with van der Waals surface area (Å²) in [6.07, 6.45) is 0.679. The van der Waals surface area contributed by atoms with Gasteiger partial charge in [-0.05, 0) is 43.3 Å². The van der Waals surface area contributed by atoms with Crippen molar-refractivity contribution in [2.24, 2.45) is 5.73 Å². The highest BCUT2D eigenvalue weighted by molar-refractivity contribution is 6.36. The maximum Gasteiger partial charge on any atom is 0.273 e. The fourth-order valence-corrected chi connectivity index (χ4v) is 3.38. The molecular formula is C20H19Cl2FN4O3. The normalized spacial score (nSPS) is 14.2. The van der Waals surface area contributed by atoms with Crippen LogP contribution in [-0.2, 0) is 9.53 Å². The van der Waals surface area contributed by atoms with Crippen molar-refractivity contribution in [2.45, 2.75) is 13.0 Å². The minimum atomic E-state index is -0.740. The molecular weight excluding hydrogens is 434 g/mol. The molecule has 0 aromatic heterocycles. The fraction of sp³-hybridized carbons (Fsp3) is 0.150. The van der Waals surface area contributed by atoms with Crippen molar-refractivity contribution in [3.05, 3.63) is 81.2 Å². The average Bonchev–Trinajstić information content (AvgIpc) is 2.73. The largest absolute Gasteiger partial charge is 0.497 e. The van der Waals surface area contributed by atoms with Gasteiger partial charge in [0.2, 0.25) is 0 Å². The summed E-state index contributed by atoms with van der Waals surface area (Å²) >= 11 is 12.2. The van der Waals surface area contributed by atoms with E-state index in [0.29, 0.717) is 11.4 Å². The smallest absolute Gasteiger partial charge is 0.273 e. The number of anilines is 1. The zero-order valence-electron chi connectivity index (χ0n) is 16.1. The van der Waals surface area contributed by atoms with Gasteiger partial charge in [-0.1, -0.05) is 23.2 Å². The summed E-state index contributed by atoms with van der Waals surface area (Å²) in [7, 11) is 1.56. The Hall–Kier alpha value is -3.10. The molecule has 2 aromatic rings. The van der Waals surface area contributed by atoms with Gasteiger partial charge in [-0.25, -0.2) is 4.39 Å². The lowest BCUT2D eigenvalue weighted by Crippen LogP contribution is -2.42. The van der Waals surface area contributed by atoms with Crippen LogP contribution in [0.1, 0.15) is 18.6 Å². The van der Waals surface area contributed by atoms with Crippen molar-refractivity contribution < 1.29 is 18.7 Å². The lowest BCUT2D eigenvalue weighted by molar-refractivity contribution is -0.113. The van der Waals surface area contributed by atoms with Crippen LogP contribution in [0.5, 0.6) is 5.75 Å². The van der Waals surface area contributed by atoms with Gasteiger partial charge < -0.3 is 20.5 Å². The van der Waals surface area contributed by atoms with Crippen LogP contribution in [0.15, 0.2) is 59.8 Å². The minimum absolute atomic E-state index is 0.131. The Bertz CT molecular complexity index is 1030. The second kappa shape index (κ2) is 9.15. The third-order valence-corrected chi connectivity index (χ3v) is 4.97. The van der Waals surface area contributed by atoms with Gasteiger partial charge in [0, 0.05) is 22.3 Å². The Kier molecular flexibility index (Phi) is 6.59. The second-order valence-corrected chi connectivity index (χ2v) is 7.07. The molecule has 158 valence electrons. The summed E-state index contributed by atoms with van der Waals surface area (Å²) in [5, 5.41) is 2.84. The molecule has 30 heavy (non-hydrogen) atoms. The number of methoxy groups -OCH3 is 1. The number of ether oxygens (including phenoxy) is 2. The summed E-state index contributed by atoms with van der Waals surface area (Å²) in [6, 6.07) is 9.40. The number of nitrogens with two attached hydrogens (primary N) is 1. The van der Waals surface area contributed by atoms with Gasteiger partial charge in [0.1, 0.15) is 23.4 Å². The molecule has 0 aliphatic carbocycles. The molecule has 0 saturated carbocycles. The Morgan fingerprint density at radius 2 is 1.87 bits per heavy atom. The molecule has 2 aromatic carbocycles. The molecule has 1 atom stereocenters. The molecule has 0 saturated heterocycles. The highest BCUT2D eigenvalue weighted by atomic mass is 35.5. The van der Waals surface area contributed by atoms with Crippen LogP contribution >= 0.6 is 23.2 Å². The first-order valence-corrected chi connectivity index (χ1v) is 9.54. The molecule has 3 rings (SSSR count). The number of hydrogen-bond donors (Lipinski definition) is 4. The van der Waals surface area contributed by atoms with E-state index in [-0.39, 0.29) is 32.9 Å². The molecule has 7 nitrogen and oxygen atoms in total. The lowest BCUT2D eigenvalue weighted by Gasteiger charge is -2.24. The van der Waals surface area contributed by atoms with Gasteiger partial charge in [-0.3, -0.25) is 15.6 Å². The summed E-state index contributed by atoms with van der Waals surface area (Å²) in [5.41, 5.74) is 12.2. The van der Waals surface area contributed by atoms with Crippen LogP contribution in [-0.4, -0.2) is 13.0 Å². The van der Waals surface area contributed by atoms with Crippen LogP contribution in [0, 0.1) is 5.82 Å². The Morgan fingerprint density at radius 1 is 1.17 bits per heavy atom. The first kappa shape index (κ1) is 21.6. The van der Waals surface area contributed by atoms with E-state index in [1.165, 1.54) is 18.2 Å². The van der Waals surface area contributed by atoms with E-state index in [1.54, 1.807) is 38.3 Å². The monoisotopic (exact) mass is 452 g/mol. The maximum atomic E-state index is 13.8. The Balaban J connectivity index is 1.77. The quantitative estimate of drug-likeness (QED) is 0.495. The standard InChI is InChI=1S/C20H19Cl2FN4O3/c1-10(17-13(21)7-8-14(23)18(17)22)30-16-9-15(26-27-19(16)24)20(28)25-11-3-5-12(29-2)6-4-11/h3-10,26-27H,24H2,1-2H3,(H,25,28). The van der Waals surface area contributed by atoms with Crippen molar-refractivity contribution in [1.29, 1.82) is 0 Å². The molecule has 0 radical (unpaired) electrons. The van der Waals surface area contributed by atoms with Crippen molar-refractivity contribution in [1.82, 2.24) is 10.9 Å². The maximum absolute atomic E-state index is 13.8. The number of rotatable bonds is 6. The number of nitrogens with one attached hydrogen (secondary N) is 3. The van der Waals surface area contributed by atoms with Gasteiger partial charge in [0.25, 0.3) is 5.91 Å². The summed E-state index contributed by atoms with van der Waals surface area (Å²) in [6.45, 7) is 1.64. The number of halogens is 3. The zero-order valence-corrected chi connectivity index (χ0v) is 17.6. The summed E-state index contributed by atoms with van der Waals surface area (Å²) < 4.78 is 24.7. The van der Waals surface area contributed by atoms with E-state index in [2.05, 4.69) is 16.2 Å². The molecule has 0 spiro atoms. The minimum Gasteiger partial charge on any atom is -0.497 e.